The zero-order chi connectivity index (χ0) is 13.0. The first kappa shape index (κ1) is 13.8. The molecule has 2 fully saturated rings. The highest BCUT2D eigenvalue weighted by atomic mass is 16.5. The molecule has 2 aliphatic heterocycles. The van der Waals surface area contributed by atoms with Crippen molar-refractivity contribution in [1.29, 1.82) is 0 Å². The molecule has 104 valence electrons. The van der Waals surface area contributed by atoms with Crippen LogP contribution in [0.4, 0.5) is 0 Å². The van der Waals surface area contributed by atoms with Crippen molar-refractivity contribution in [3.8, 4) is 0 Å². The van der Waals surface area contributed by atoms with Gasteiger partial charge in [-0.2, -0.15) is 0 Å². The Labute approximate surface area is 110 Å². The van der Waals surface area contributed by atoms with Crippen molar-refractivity contribution in [3.63, 3.8) is 0 Å². The average molecular weight is 254 g/mol. The van der Waals surface area contributed by atoms with Gasteiger partial charge in [0.2, 0.25) is 5.91 Å². The standard InChI is InChI=1S/C14H26N2O2/c1-3-16(14(17)7-8-18-4-2)13-9-11-5-6-12(10-13)15-11/h11-13,15H,3-10H2,1-2H3. The second kappa shape index (κ2) is 6.53. The van der Waals surface area contributed by atoms with E-state index in [4.69, 9.17) is 4.74 Å². The van der Waals surface area contributed by atoms with Gasteiger partial charge < -0.3 is 15.0 Å². The molecule has 0 aromatic carbocycles. The Hall–Kier alpha value is -0.610. The molecule has 18 heavy (non-hydrogen) atoms. The SMILES string of the molecule is CCOCCC(=O)N(CC)C1CC2CCC(C1)N2. The van der Waals surface area contributed by atoms with E-state index in [0.29, 0.717) is 37.8 Å². The molecule has 2 unspecified atom stereocenters. The van der Waals surface area contributed by atoms with E-state index < -0.39 is 0 Å². The maximum atomic E-state index is 12.2. The van der Waals surface area contributed by atoms with E-state index >= 15 is 0 Å². The summed E-state index contributed by atoms with van der Waals surface area (Å²) in [5, 5.41) is 3.63. The normalized spacial score (nSPS) is 30.4. The number of hydrogen-bond acceptors (Lipinski definition) is 3. The van der Waals surface area contributed by atoms with Crippen LogP contribution in [-0.4, -0.2) is 48.7 Å². The molecule has 2 heterocycles. The highest BCUT2D eigenvalue weighted by Gasteiger charge is 2.36. The van der Waals surface area contributed by atoms with Crippen molar-refractivity contribution >= 4 is 5.91 Å². The van der Waals surface area contributed by atoms with E-state index in [1.54, 1.807) is 0 Å². The molecule has 1 N–H and O–H groups in total. The van der Waals surface area contributed by atoms with Gasteiger partial charge in [0.05, 0.1) is 13.0 Å². The summed E-state index contributed by atoms with van der Waals surface area (Å²) in [6, 6.07) is 1.73. The Morgan fingerprint density at radius 3 is 2.50 bits per heavy atom. The van der Waals surface area contributed by atoms with E-state index in [1.165, 1.54) is 12.8 Å². The highest BCUT2D eigenvalue weighted by molar-refractivity contribution is 5.76. The van der Waals surface area contributed by atoms with Gasteiger partial charge in [-0.15, -0.1) is 0 Å². The van der Waals surface area contributed by atoms with E-state index in [-0.39, 0.29) is 5.91 Å². The molecular formula is C14H26N2O2. The molecule has 0 saturated carbocycles. The molecule has 2 atom stereocenters. The monoisotopic (exact) mass is 254 g/mol. The third-order valence-electron chi connectivity index (χ3n) is 4.21. The fraction of sp³-hybridized carbons (Fsp3) is 0.929. The summed E-state index contributed by atoms with van der Waals surface area (Å²) < 4.78 is 5.28. The Bertz CT molecular complexity index is 271. The fourth-order valence-corrected chi connectivity index (χ4v) is 3.37. The number of carbonyl (C=O) groups is 1. The Morgan fingerprint density at radius 2 is 1.94 bits per heavy atom. The van der Waals surface area contributed by atoms with Crippen LogP contribution >= 0.6 is 0 Å². The fourth-order valence-electron chi connectivity index (χ4n) is 3.37. The lowest BCUT2D eigenvalue weighted by atomic mass is 9.98. The number of piperidine rings is 1. The van der Waals surface area contributed by atoms with Crippen LogP contribution in [0.5, 0.6) is 0 Å². The lowest BCUT2D eigenvalue weighted by molar-refractivity contribution is -0.135. The van der Waals surface area contributed by atoms with Crippen molar-refractivity contribution in [1.82, 2.24) is 10.2 Å². The molecule has 1 amide bonds. The first-order valence-corrected chi connectivity index (χ1v) is 7.37. The van der Waals surface area contributed by atoms with E-state index in [1.807, 2.05) is 6.92 Å². The zero-order valence-corrected chi connectivity index (χ0v) is 11.7. The minimum atomic E-state index is 0.261. The predicted molar refractivity (Wildman–Crippen MR) is 71.5 cm³/mol. The number of amides is 1. The zero-order valence-electron chi connectivity index (χ0n) is 11.7. The number of carbonyl (C=O) groups excluding carboxylic acids is 1. The Kier molecular flexibility index (Phi) is 5.01. The van der Waals surface area contributed by atoms with Crippen LogP contribution in [0.15, 0.2) is 0 Å². The molecule has 4 nitrogen and oxygen atoms in total. The van der Waals surface area contributed by atoms with Crippen LogP contribution in [0.3, 0.4) is 0 Å². The molecule has 0 aromatic heterocycles. The van der Waals surface area contributed by atoms with Crippen molar-refractivity contribution in [2.24, 2.45) is 0 Å². The number of hydrogen-bond donors (Lipinski definition) is 1. The second-order valence-electron chi connectivity index (χ2n) is 5.39. The van der Waals surface area contributed by atoms with Crippen molar-refractivity contribution in [2.75, 3.05) is 19.8 Å². The smallest absolute Gasteiger partial charge is 0.225 e. The maximum Gasteiger partial charge on any atom is 0.225 e. The molecule has 2 saturated heterocycles. The lowest BCUT2D eigenvalue weighted by Gasteiger charge is -2.37. The highest BCUT2D eigenvalue weighted by Crippen LogP contribution is 2.29. The first-order valence-electron chi connectivity index (χ1n) is 7.37. The molecule has 0 spiro atoms. The summed E-state index contributed by atoms with van der Waals surface area (Å²) >= 11 is 0. The predicted octanol–water partition coefficient (Wildman–Crippen LogP) is 1.54. The van der Waals surface area contributed by atoms with Gasteiger partial charge in [0.25, 0.3) is 0 Å². The van der Waals surface area contributed by atoms with Gasteiger partial charge in [0.15, 0.2) is 0 Å². The van der Waals surface area contributed by atoms with Gasteiger partial charge in [-0.05, 0) is 39.5 Å². The molecule has 2 aliphatic rings. The van der Waals surface area contributed by atoms with Gasteiger partial charge in [-0.3, -0.25) is 4.79 Å². The third kappa shape index (κ3) is 3.23. The number of nitrogens with zero attached hydrogens (tertiary/aromatic N) is 1. The van der Waals surface area contributed by atoms with E-state index in [0.717, 1.165) is 19.4 Å². The second-order valence-corrected chi connectivity index (χ2v) is 5.39. The van der Waals surface area contributed by atoms with Crippen LogP contribution < -0.4 is 5.32 Å². The Balaban J connectivity index is 1.85. The largest absolute Gasteiger partial charge is 0.381 e. The van der Waals surface area contributed by atoms with Gasteiger partial charge in [0, 0.05) is 31.3 Å². The van der Waals surface area contributed by atoms with E-state index in [2.05, 4.69) is 17.1 Å². The van der Waals surface area contributed by atoms with Gasteiger partial charge >= 0.3 is 0 Å². The molecule has 0 radical (unpaired) electrons. The van der Waals surface area contributed by atoms with Crippen LogP contribution in [-0.2, 0) is 9.53 Å². The van der Waals surface area contributed by atoms with E-state index in [9.17, 15) is 4.79 Å². The molecule has 2 bridgehead atoms. The van der Waals surface area contributed by atoms with Crippen molar-refractivity contribution in [3.05, 3.63) is 0 Å². The maximum absolute atomic E-state index is 12.2. The number of ether oxygens (including phenoxy) is 1. The van der Waals surface area contributed by atoms with Crippen LogP contribution in [0, 0.1) is 0 Å². The van der Waals surface area contributed by atoms with Crippen molar-refractivity contribution < 1.29 is 9.53 Å². The average Bonchev–Trinajstić information content (AvgIpc) is 2.70. The topological polar surface area (TPSA) is 41.6 Å². The lowest BCUT2D eigenvalue weighted by Crippen LogP contribution is -2.50. The first-order chi connectivity index (χ1) is 8.74. The number of fused-ring (bicyclic) bond motifs is 2. The third-order valence-corrected chi connectivity index (χ3v) is 4.21. The summed E-state index contributed by atoms with van der Waals surface area (Å²) in [5.41, 5.74) is 0. The van der Waals surface area contributed by atoms with Crippen LogP contribution in [0.25, 0.3) is 0 Å². The summed E-state index contributed by atoms with van der Waals surface area (Å²) in [6.07, 6.45) is 5.36. The summed E-state index contributed by atoms with van der Waals surface area (Å²) in [4.78, 5) is 14.3. The summed E-state index contributed by atoms with van der Waals surface area (Å²) in [6.45, 7) is 6.13. The van der Waals surface area contributed by atoms with Crippen LogP contribution in [0.1, 0.15) is 46.0 Å². The molecule has 4 heteroatoms. The quantitative estimate of drug-likeness (QED) is 0.731. The summed E-state index contributed by atoms with van der Waals surface area (Å²) in [7, 11) is 0. The van der Waals surface area contributed by atoms with Crippen LogP contribution in [0.2, 0.25) is 0 Å². The number of nitrogens with one attached hydrogen (secondary N) is 1. The summed E-state index contributed by atoms with van der Waals surface area (Å²) in [5.74, 6) is 0.261. The Morgan fingerprint density at radius 1 is 1.28 bits per heavy atom. The van der Waals surface area contributed by atoms with Gasteiger partial charge in [0.1, 0.15) is 0 Å². The molecular weight excluding hydrogens is 228 g/mol. The minimum Gasteiger partial charge on any atom is -0.381 e. The molecule has 0 aromatic rings. The van der Waals surface area contributed by atoms with Crippen molar-refractivity contribution in [2.45, 2.75) is 64.1 Å². The van der Waals surface area contributed by atoms with Gasteiger partial charge in [-0.25, -0.2) is 0 Å². The number of rotatable bonds is 6. The molecule has 2 rings (SSSR count). The minimum absolute atomic E-state index is 0.261. The molecule has 0 aliphatic carbocycles. The van der Waals surface area contributed by atoms with Gasteiger partial charge in [-0.1, -0.05) is 0 Å².